The summed E-state index contributed by atoms with van der Waals surface area (Å²) in [4.78, 5) is 12.8. The molecule has 0 bridgehead atoms. The normalized spacial score (nSPS) is 9.75. The molecule has 0 aliphatic heterocycles. The molecule has 1 amide bonds. The first-order valence-electron chi connectivity index (χ1n) is 5.01. The van der Waals surface area contributed by atoms with Gasteiger partial charge in [0.15, 0.2) is 0 Å². The van der Waals surface area contributed by atoms with E-state index in [9.17, 15) is 4.79 Å². The lowest BCUT2D eigenvalue weighted by atomic mass is 10.1. The van der Waals surface area contributed by atoms with Crippen molar-refractivity contribution in [2.75, 3.05) is 21.3 Å². The van der Waals surface area contributed by atoms with Gasteiger partial charge in [0.1, 0.15) is 5.75 Å². The van der Waals surface area contributed by atoms with E-state index < -0.39 is 0 Å². The first kappa shape index (κ1) is 12.4. The van der Waals surface area contributed by atoms with Crippen LogP contribution in [0, 0.1) is 6.92 Å². The molecule has 1 rings (SSSR count). The summed E-state index contributed by atoms with van der Waals surface area (Å²) in [5.74, 6) is 0.779. The number of rotatable bonds is 3. The number of aryl methyl sites for hydroxylation is 1. The van der Waals surface area contributed by atoms with E-state index in [2.05, 4.69) is 4.74 Å². The zero-order chi connectivity index (χ0) is 12.1. The summed E-state index contributed by atoms with van der Waals surface area (Å²) >= 11 is 0. The number of hydrogen-bond acceptors (Lipinski definition) is 3. The van der Waals surface area contributed by atoms with Gasteiger partial charge in [-0.25, -0.2) is 4.79 Å². The van der Waals surface area contributed by atoms with Crippen molar-refractivity contribution in [2.45, 2.75) is 13.5 Å². The van der Waals surface area contributed by atoms with Crippen LogP contribution in [0.1, 0.15) is 11.1 Å². The number of benzene rings is 1. The van der Waals surface area contributed by atoms with Crippen LogP contribution in [-0.2, 0) is 11.3 Å². The minimum atomic E-state index is -0.358. The van der Waals surface area contributed by atoms with Gasteiger partial charge in [0, 0.05) is 12.6 Å². The van der Waals surface area contributed by atoms with Crippen molar-refractivity contribution in [3.8, 4) is 5.75 Å². The standard InChI is InChI=1S/C12H17NO3/c1-9-5-6-11(15-3)10(7-9)8-13(2)12(14)16-4/h5-7H,8H2,1-4H3. The highest BCUT2D eigenvalue weighted by atomic mass is 16.5. The van der Waals surface area contributed by atoms with Crippen molar-refractivity contribution in [1.82, 2.24) is 4.90 Å². The van der Waals surface area contributed by atoms with Crippen LogP contribution in [0.4, 0.5) is 4.79 Å². The summed E-state index contributed by atoms with van der Waals surface area (Å²) in [5, 5.41) is 0. The van der Waals surface area contributed by atoms with Crippen molar-refractivity contribution >= 4 is 6.09 Å². The fourth-order valence-electron chi connectivity index (χ4n) is 1.51. The quantitative estimate of drug-likeness (QED) is 0.788. The molecular weight excluding hydrogens is 206 g/mol. The third kappa shape index (κ3) is 2.89. The highest BCUT2D eigenvalue weighted by molar-refractivity contribution is 5.67. The Bertz CT molecular complexity index is 377. The number of carbonyl (C=O) groups is 1. The summed E-state index contributed by atoms with van der Waals surface area (Å²) in [5.41, 5.74) is 2.10. The molecule has 16 heavy (non-hydrogen) atoms. The lowest BCUT2D eigenvalue weighted by Crippen LogP contribution is -2.26. The molecule has 0 saturated heterocycles. The summed E-state index contributed by atoms with van der Waals surface area (Å²) < 4.78 is 9.87. The molecule has 0 saturated carbocycles. The minimum absolute atomic E-state index is 0.358. The Morgan fingerprint density at radius 3 is 2.62 bits per heavy atom. The van der Waals surface area contributed by atoms with Crippen molar-refractivity contribution in [3.05, 3.63) is 29.3 Å². The Kier molecular flexibility index (Phi) is 4.17. The van der Waals surface area contributed by atoms with E-state index in [1.165, 1.54) is 12.0 Å². The second-order valence-corrected chi connectivity index (χ2v) is 3.64. The molecule has 0 fully saturated rings. The van der Waals surface area contributed by atoms with Gasteiger partial charge < -0.3 is 14.4 Å². The second-order valence-electron chi connectivity index (χ2n) is 3.64. The average Bonchev–Trinajstić information content (AvgIpc) is 2.28. The minimum Gasteiger partial charge on any atom is -0.496 e. The Labute approximate surface area is 95.8 Å². The predicted octanol–water partition coefficient (Wildman–Crippen LogP) is 2.20. The van der Waals surface area contributed by atoms with Crippen LogP contribution >= 0.6 is 0 Å². The summed E-state index contributed by atoms with van der Waals surface area (Å²) in [6.45, 7) is 2.47. The maximum absolute atomic E-state index is 11.3. The van der Waals surface area contributed by atoms with Crippen LogP contribution in [0.5, 0.6) is 5.75 Å². The van der Waals surface area contributed by atoms with Crippen molar-refractivity contribution in [3.63, 3.8) is 0 Å². The summed E-state index contributed by atoms with van der Waals surface area (Å²) in [6, 6.07) is 5.87. The number of hydrogen-bond donors (Lipinski definition) is 0. The largest absolute Gasteiger partial charge is 0.496 e. The highest BCUT2D eigenvalue weighted by Crippen LogP contribution is 2.21. The zero-order valence-electron chi connectivity index (χ0n) is 10.1. The molecule has 0 aliphatic carbocycles. The molecule has 88 valence electrons. The number of nitrogens with zero attached hydrogens (tertiary/aromatic N) is 1. The first-order chi connectivity index (χ1) is 7.58. The van der Waals surface area contributed by atoms with Crippen molar-refractivity contribution < 1.29 is 14.3 Å². The van der Waals surface area contributed by atoms with Gasteiger partial charge in [-0.15, -0.1) is 0 Å². The Morgan fingerprint density at radius 2 is 2.06 bits per heavy atom. The SMILES string of the molecule is COC(=O)N(C)Cc1cc(C)ccc1OC. The van der Waals surface area contributed by atoms with Gasteiger partial charge in [0.2, 0.25) is 0 Å². The predicted molar refractivity (Wildman–Crippen MR) is 61.6 cm³/mol. The molecule has 4 nitrogen and oxygen atoms in total. The number of ether oxygens (including phenoxy) is 2. The fraction of sp³-hybridized carbons (Fsp3) is 0.417. The second kappa shape index (κ2) is 5.39. The van der Waals surface area contributed by atoms with E-state index in [0.717, 1.165) is 16.9 Å². The Balaban J connectivity index is 2.86. The molecule has 4 heteroatoms. The zero-order valence-corrected chi connectivity index (χ0v) is 10.1. The van der Waals surface area contributed by atoms with Gasteiger partial charge >= 0.3 is 6.09 Å². The van der Waals surface area contributed by atoms with Gasteiger partial charge in [0.05, 0.1) is 20.8 Å². The monoisotopic (exact) mass is 223 g/mol. The average molecular weight is 223 g/mol. The lowest BCUT2D eigenvalue weighted by molar-refractivity contribution is 0.131. The molecular formula is C12H17NO3. The molecule has 1 aromatic rings. The van der Waals surface area contributed by atoms with Crippen molar-refractivity contribution in [1.29, 1.82) is 0 Å². The molecule has 0 N–H and O–H groups in total. The number of amides is 1. The molecule has 0 aromatic heterocycles. The molecule has 0 radical (unpaired) electrons. The van der Waals surface area contributed by atoms with Gasteiger partial charge in [0.25, 0.3) is 0 Å². The van der Waals surface area contributed by atoms with Crippen LogP contribution < -0.4 is 4.74 Å². The highest BCUT2D eigenvalue weighted by Gasteiger charge is 2.11. The van der Waals surface area contributed by atoms with E-state index in [1.807, 2.05) is 25.1 Å². The van der Waals surface area contributed by atoms with E-state index in [4.69, 9.17) is 4.74 Å². The van der Waals surface area contributed by atoms with Crippen molar-refractivity contribution in [2.24, 2.45) is 0 Å². The Hall–Kier alpha value is -1.71. The van der Waals surface area contributed by atoms with Crippen LogP contribution in [-0.4, -0.2) is 32.3 Å². The van der Waals surface area contributed by atoms with E-state index in [0.29, 0.717) is 6.54 Å². The Morgan fingerprint density at radius 1 is 1.38 bits per heavy atom. The summed E-state index contributed by atoms with van der Waals surface area (Å²) in [6.07, 6.45) is -0.358. The van der Waals surface area contributed by atoms with Crippen LogP contribution in [0.3, 0.4) is 0 Å². The number of methoxy groups -OCH3 is 2. The number of carbonyl (C=O) groups excluding carboxylic acids is 1. The molecule has 0 atom stereocenters. The topological polar surface area (TPSA) is 38.8 Å². The third-order valence-corrected chi connectivity index (χ3v) is 2.33. The molecule has 0 aliphatic rings. The summed E-state index contributed by atoms with van der Waals surface area (Å²) in [7, 11) is 4.67. The maximum Gasteiger partial charge on any atom is 0.409 e. The molecule has 0 unspecified atom stereocenters. The van der Waals surface area contributed by atoms with E-state index in [1.54, 1.807) is 14.2 Å². The van der Waals surface area contributed by atoms with E-state index >= 15 is 0 Å². The fourth-order valence-corrected chi connectivity index (χ4v) is 1.51. The van der Waals surface area contributed by atoms with Gasteiger partial charge in [-0.1, -0.05) is 17.7 Å². The molecule has 0 heterocycles. The molecule has 0 spiro atoms. The van der Waals surface area contributed by atoms with Gasteiger partial charge in [-0.2, -0.15) is 0 Å². The lowest BCUT2D eigenvalue weighted by Gasteiger charge is -2.17. The third-order valence-electron chi connectivity index (χ3n) is 2.33. The maximum atomic E-state index is 11.3. The van der Waals surface area contributed by atoms with Crippen LogP contribution in [0.2, 0.25) is 0 Å². The molecule has 1 aromatic carbocycles. The smallest absolute Gasteiger partial charge is 0.409 e. The van der Waals surface area contributed by atoms with Gasteiger partial charge in [-0.3, -0.25) is 0 Å². The van der Waals surface area contributed by atoms with Crippen LogP contribution in [0.25, 0.3) is 0 Å². The first-order valence-corrected chi connectivity index (χ1v) is 5.01. The van der Waals surface area contributed by atoms with Gasteiger partial charge in [-0.05, 0) is 13.0 Å². The van der Waals surface area contributed by atoms with Crippen LogP contribution in [0.15, 0.2) is 18.2 Å². The van der Waals surface area contributed by atoms with E-state index in [-0.39, 0.29) is 6.09 Å².